The van der Waals surface area contributed by atoms with Crippen molar-refractivity contribution in [3.63, 3.8) is 0 Å². The van der Waals surface area contributed by atoms with E-state index in [0.29, 0.717) is 25.3 Å². The smallest absolute Gasteiger partial charge is 0.243 e. The van der Waals surface area contributed by atoms with Crippen LogP contribution in [0.2, 0.25) is 0 Å². The van der Waals surface area contributed by atoms with Gasteiger partial charge in [0.2, 0.25) is 15.9 Å². The first kappa shape index (κ1) is 20.3. The maximum absolute atomic E-state index is 13.0. The van der Waals surface area contributed by atoms with Crippen molar-refractivity contribution in [2.75, 3.05) is 32.1 Å². The average molecular weight is 396 g/mol. The minimum atomic E-state index is -3.57. The predicted molar refractivity (Wildman–Crippen MR) is 104 cm³/mol. The lowest BCUT2D eigenvalue weighted by Crippen LogP contribution is -2.43. The molecule has 1 saturated heterocycles. The van der Waals surface area contributed by atoms with Gasteiger partial charge in [0, 0.05) is 37.8 Å². The van der Waals surface area contributed by atoms with Gasteiger partial charge in [-0.25, -0.2) is 8.42 Å². The molecule has 0 bridgehead atoms. The summed E-state index contributed by atoms with van der Waals surface area (Å²) in [6.45, 7) is 1.90. The molecule has 1 aromatic carbocycles. The van der Waals surface area contributed by atoms with Crippen molar-refractivity contribution in [2.45, 2.75) is 55.5 Å². The Morgan fingerprint density at radius 2 is 2.07 bits per heavy atom. The Morgan fingerprint density at radius 3 is 2.78 bits per heavy atom. The highest BCUT2D eigenvalue weighted by Gasteiger charge is 2.29. The third-order valence-electron chi connectivity index (χ3n) is 5.31. The van der Waals surface area contributed by atoms with Gasteiger partial charge in [-0.3, -0.25) is 4.79 Å². The van der Waals surface area contributed by atoms with E-state index in [0.717, 1.165) is 32.2 Å². The van der Waals surface area contributed by atoms with Crippen molar-refractivity contribution in [3.8, 4) is 0 Å². The highest BCUT2D eigenvalue weighted by atomic mass is 32.2. The topological polar surface area (TPSA) is 87.7 Å². The average Bonchev–Trinajstić information content (AvgIpc) is 2.69. The Balaban J connectivity index is 1.65. The van der Waals surface area contributed by atoms with E-state index in [1.807, 2.05) is 0 Å². The van der Waals surface area contributed by atoms with Gasteiger partial charge in [-0.2, -0.15) is 4.31 Å². The van der Waals surface area contributed by atoms with Gasteiger partial charge in [0.1, 0.15) is 0 Å². The van der Waals surface area contributed by atoms with Gasteiger partial charge < -0.3 is 15.4 Å². The van der Waals surface area contributed by atoms with Gasteiger partial charge >= 0.3 is 0 Å². The van der Waals surface area contributed by atoms with E-state index in [4.69, 9.17) is 4.74 Å². The number of rotatable bonds is 6. The summed E-state index contributed by atoms with van der Waals surface area (Å²) in [5.74, 6) is -0.159. The Labute approximate surface area is 161 Å². The van der Waals surface area contributed by atoms with E-state index in [2.05, 4.69) is 10.6 Å². The number of hydrogen-bond donors (Lipinski definition) is 2. The summed E-state index contributed by atoms with van der Waals surface area (Å²) in [6.07, 6.45) is 5.41. The molecule has 2 fully saturated rings. The van der Waals surface area contributed by atoms with E-state index in [1.165, 1.54) is 16.8 Å². The third-order valence-corrected chi connectivity index (χ3v) is 7.22. The molecule has 0 aromatic heterocycles. The quantitative estimate of drug-likeness (QED) is 0.769. The number of carbonyl (C=O) groups is 1. The number of carbonyl (C=O) groups excluding carboxylic acids is 1. The van der Waals surface area contributed by atoms with Crippen LogP contribution in [0, 0.1) is 0 Å². The number of nitrogens with zero attached hydrogens (tertiary/aromatic N) is 1. The fourth-order valence-corrected chi connectivity index (χ4v) is 5.19. The minimum Gasteiger partial charge on any atom is -0.378 e. The van der Waals surface area contributed by atoms with Crippen LogP contribution < -0.4 is 10.6 Å². The van der Waals surface area contributed by atoms with E-state index in [9.17, 15) is 13.2 Å². The molecule has 2 N–H and O–H groups in total. The maximum atomic E-state index is 13.0. The summed E-state index contributed by atoms with van der Waals surface area (Å²) in [7, 11) is -1.92. The first-order valence-corrected chi connectivity index (χ1v) is 11.1. The van der Waals surface area contributed by atoms with Crippen LogP contribution >= 0.6 is 0 Å². The van der Waals surface area contributed by atoms with Gasteiger partial charge in [-0.1, -0.05) is 25.3 Å². The molecule has 2 aliphatic rings. The second-order valence-electron chi connectivity index (χ2n) is 7.32. The van der Waals surface area contributed by atoms with Crippen molar-refractivity contribution in [3.05, 3.63) is 24.3 Å². The number of benzene rings is 1. The zero-order valence-electron chi connectivity index (χ0n) is 15.8. The van der Waals surface area contributed by atoms with Gasteiger partial charge in [-0.05, 0) is 31.0 Å². The molecule has 150 valence electrons. The molecule has 1 atom stereocenters. The lowest BCUT2D eigenvalue weighted by molar-refractivity contribution is -0.117. The Kier molecular flexibility index (Phi) is 6.86. The van der Waals surface area contributed by atoms with Crippen LogP contribution in [-0.4, -0.2) is 57.5 Å². The number of morpholine rings is 1. The fourth-order valence-electron chi connectivity index (χ4n) is 3.73. The zero-order valence-corrected chi connectivity index (χ0v) is 16.6. The number of anilines is 1. The molecule has 0 spiro atoms. The maximum Gasteiger partial charge on any atom is 0.243 e. The van der Waals surface area contributed by atoms with Crippen molar-refractivity contribution in [2.24, 2.45) is 0 Å². The van der Waals surface area contributed by atoms with Gasteiger partial charge in [0.15, 0.2) is 0 Å². The standard InChI is InChI=1S/C19H29N3O4S/c1-22(17-7-3-2-4-8-17)27(24,25)18-9-5-6-15(12-18)21-19(23)13-16-14-26-11-10-20-16/h5-6,9,12,16-17,20H,2-4,7-8,10-11,13-14H2,1H3,(H,21,23). The first-order chi connectivity index (χ1) is 13.0. The van der Waals surface area contributed by atoms with Crippen molar-refractivity contribution in [1.29, 1.82) is 0 Å². The zero-order chi connectivity index (χ0) is 19.3. The predicted octanol–water partition coefficient (Wildman–Crippen LogP) is 1.96. The summed E-state index contributed by atoms with van der Waals surface area (Å²) in [4.78, 5) is 12.5. The van der Waals surface area contributed by atoms with Crippen LogP contribution in [0.5, 0.6) is 0 Å². The molecule has 0 radical (unpaired) electrons. The normalized spacial score (nSPS) is 21.9. The number of hydrogen-bond acceptors (Lipinski definition) is 5. The molecule has 1 aliphatic heterocycles. The van der Waals surface area contributed by atoms with E-state index >= 15 is 0 Å². The molecule has 1 aliphatic carbocycles. The van der Waals surface area contributed by atoms with Gasteiger partial charge in [0.05, 0.1) is 18.1 Å². The fraction of sp³-hybridized carbons (Fsp3) is 0.632. The number of sulfonamides is 1. The summed E-state index contributed by atoms with van der Waals surface area (Å²) >= 11 is 0. The van der Waals surface area contributed by atoms with Crippen LogP contribution in [0.25, 0.3) is 0 Å². The molecule has 8 heteroatoms. The molecule has 1 amide bonds. The molecular weight excluding hydrogens is 366 g/mol. The van der Waals surface area contributed by atoms with E-state index < -0.39 is 10.0 Å². The molecule has 27 heavy (non-hydrogen) atoms. The Bertz CT molecular complexity index is 741. The molecule has 3 rings (SSSR count). The molecular formula is C19H29N3O4S. The summed E-state index contributed by atoms with van der Waals surface area (Å²) in [6, 6.07) is 6.54. The second kappa shape index (κ2) is 9.14. The number of nitrogens with one attached hydrogen (secondary N) is 2. The highest BCUT2D eigenvalue weighted by molar-refractivity contribution is 7.89. The molecule has 1 unspecified atom stereocenters. The SMILES string of the molecule is CN(C1CCCCC1)S(=O)(=O)c1cccc(NC(=O)CC2COCCN2)c1. The first-order valence-electron chi connectivity index (χ1n) is 9.66. The van der Waals surface area contributed by atoms with Gasteiger partial charge in [-0.15, -0.1) is 0 Å². The minimum absolute atomic E-state index is 0.0110. The van der Waals surface area contributed by atoms with Crippen molar-refractivity contribution >= 4 is 21.6 Å². The molecule has 1 saturated carbocycles. The van der Waals surface area contributed by atoms with Crippen molar-refractivity contribution < 1.29 is 17.9 Å². The van der Waals surface area contributed by atoms with Crippen LogP contribution in [0.4, 0.5) is 5.69 Å². The van der Waals surface area contributed by atoms with Crippen LogP contribution in [0.1, 0.15) is 38.5 Å². The third kappa shape index (κ3) is 5.28. The Hall–Kier alpha value is -1.48. The van der Waals surface area contributed by atoms with E-state index in [1.54, 1.807) is 25.2 Å². The van der Waals surface area contributed by atoms with Crippen LogP contribution in [0.15, 0.2) is 29.2 Å². The summed E-state index contributed by atoms with van der Waals surface area (Å²) in [5.41, 5.74) is 0.495. The highest BCUT2D eigenvalue weighted by Crippen LogP contribution is 2.27. The second-order valence-corrected chi connectivity index (χ2v) is 9.32. The van der Waals surface area contributed by atoms with Crippen molar-refractivity contribution in [1.82, 2.24) is 9.62 Å². The monoisotopic (exact) mass is 395 g/mol. The summed E-state index contributed by atoms with van der Waals surface area (Å²) < 4.78 is 32.8. The largest absolute Gasteiger partial charge is 0.378 e. The Morgan fingerprint density at radius 1 is 1.30 bits per heavy atom. The number of amides is 1. The molecule has 1 heterocycles. The lowest BCUT2D eigenvalue weighted by atomic mass is 9.96. The lowest BCUT2D eigenvalue weighted by Gasteiger charge is -2.30. The van der Waals surface area contributed by atoms with Crippen LogP contribution in [0.3, 0.4) is 0 Å². The molecule has 7 nitrogen and oxygen atoms in total. The van der Waals surface area contributed by atoms with E-state index in [-0.39, 0.29) is 22.9 Å². The molecule has 1 aromatic rings. The number of ether oxygens (including phenoxy) is 1. The van der Waals surface area contributed by atoms with Crippen LogP contribution in [-0.2, 0) is 19.6 Å². The summed E-state index contributed by atoms with van der Waals surface area (Å²) in [5, 5.41) is 6.04. The van der Waals surface area contributed by atoms with Gasteiger partial charge in [0.25, 0.3) is 0 Å².